The summed E-state index contributed by atoms with van der Waals surface area (Å²) < 4.78 is 10.6. The Hall–Kier alpha value is -3.07. The molecule has 25 heavy (non-hydrogen) atoms. The van der Waals surface area contributed by atoms with E-state index in [9.17, 15) is 9.59 Å². The van der Waals surface area contributed by atoms with E-state index in [0.29, 0.717) is 28.3 Å². The van der Waals surface area contributed by atoms with Crippen LogP contribution in [0.15, 0.2) is 34.7 Å². The summed E-state index contributed by atoms with van der Waals surface area (Å²) >= 11 is 0. The van der Waals surface area contributed by atoms with Crippen molar-refractivity contribution in [3.63, 3.8) is 0 Å². The fourth-order valence-electron chi connectivity index (χ4n) is 2.54. The lowest BCUT2D eigenvalue weighted by molar-refractivity contribution is -0.121. The number of carbonyl (C=O) groups is 2. The predicted molar refractivity (Wildman–Crippen MR) is 92.2 cm³/mol. The summed E-state index contributed by atoms with van der Waals surface area (Å²) in [5.74, 6) is 0.145. The zero-order valence-corrected chi connectivity index (χ0v) is 14.5. The third-order valence-electron chi connectivity index (χ3n) is 3.91. The molecule has 0 aliphatic carbocycles. The molecule has 6 heteroatoms. The number of furan rings is 1. The Balaban J connectivity index is 2.08. The molecule has 0 radical (unpaired) electrons. The van der Waals surface area contributed by atoms with Crippen molar-refractivity contribution < 1.29 is 18.7 Å². The number of hydrogen-bond donors (Lipinski definition) is 0. The highest BCUT2D eigenvalue weighted by atomic mass is 16.5. The average molecular weight is 340 g/mol. The molecule has 0 aliphatic heterocycles. The Bertz CT molecular complexity index is 803. The van der Waals surface area contributed by atoms with Crippen molar-refractivity contribution in [3.8, 4) is 6.07 Å². The van der Waals surface area contributed by atoms with Gasteiger partial charge < -0.3 is 14.1 Å². The molecule has 6 nitrogen and oxygen atoms in total. The van der Waals surface area contributed by atoms with Crippen LogP contribution in [0.25, 0.3) is 0 Å². The molecule has 0 fully saturated rings. The molecule has 0 saturated heterocycles. The molecule has 2 rings (SSSR count). The Morgan fingerprint density at radius 3 is 2.40 bits per heavy atom. The van der Waals surface area contributed by atoms with Crippen LogP contribution >= 0.6 is 0 Å². The van der Waals surface area contributed by atoms with Crippen molar-refractivity contribution in [2.24, 2.45) is 0 Å². The highest BCUT2D eigenvalue weighted by Crippen LogP contribution is 2.21. The molecule has 0 bridgehead atoms. The first kappa shape index (κ1) is 18.3. The van der Waals surface area contributed by atoms with Crippen LogP contribution in [0, 0.1) is 32.1 Å². The molecule has 2 aromatic rings. The maximum Gasteiger partial charge on any atom is 0.342 e. The van der Waals surface area contributed by atoms with Crippen molar-refractivity contribution in [2.45, 2.75) is 27.2 Å². The molecule has 0 unspecified atom stereocenters. The standard InChI is InChI=1S/C19H20N2O4/c1-13-14(2)25-15(3)18(13)19(23)24-12-17(22)21(11-7-10-20)16-8-5-4-6-9-16/h4-6,8-9H,7,11-12H2,1-3H3. The van der Waals surface area contributed by atoms with Gasteiger partial charge in [-0.05, 0) is 32.9 Å². The monoisotopic (exact) mass is 340 g/mol. The third-order valence-corrected chi connectivity index (χ3v) is 3.91. The molecule has 1 amide bonds. The van der Waals surface area contributed by atoms with Crippen molar-refractivity contribution in [3.05, 3.63) is 53.0 Å². The SMILES string of the molecule is Cc1oc(C)c(C(=O)OCC(=O)N(CCC#N)c2ccccc2)c1C. The number of esters is 1. The number of aryl methyl sites for hydroxylation is 2. The Labute approximate surface area is 146 Å². The third kappa shape index (κ3) is 4.27. The minimum absolute atomic E-state index is 0.188. The van der Waals surface area contributed by atoms with Gasteiger partial charge in [-0.15, -0.1) is 0 Å². The summed E-state index contributed by atoms with van der Waals surface area (Å²) in [4.78, 5) is 26.2. The van der Waals surface area contributed by atoms with Gasteiger partial charge in [-0.3, -0.25) is 4.79 Å². The van der Waals surface area contributed by atoms with E-state index in [0.717, 1.165) is 0 Å². The normalized spacial score (nSPS) is 10.2. The van der Waals surface area contributed by atoms with Gasteiger partial charge in [0.05, 0.1) is 12.5 Å². The molecule has 0 spiro atoms. The van der Waals surface area contributed by atoms with Crippen LogP contribution in [0.3, 0.4) is 0 Å². The molecule has 0 aliphatic rings. The largest absolute Gasteiger partial charge is 0.465 e. The van der Waals surface area contributed by atoms with Crippen LogP contribution in [0.2, 0.25) is 0 Å². The minimum Gasteiger partial charge on any atom is -0.465 e. The van der Waals surface area contributed by atoms with Gasteiger partial charge in [0.2, 0.25) is 0 Å². The number of ether oxygens (including phenoxy) is 1. The second-order valence-corrected chi connectivity index (χ2v) is 5.58. The van der Waals surface area contributed by atoms with Gasteiger partial charge in [0.25, 0.3) is 5.91 Å². The number of para-hydroxylation sites is 1. The van der Waals surface area contributed by atoms with Gasteiger partial charge in [-0.25, -0.2) is 4.79 Å². The second-order valence-electron chi connectivity index (χ2n) is 5.58. The van der Waals surface area contributed by atoms with Crippen molar-refractivity contribution >= 4 is 17.6 Å². The Morgan fingerprint density at radius 1 is 1.16 bits per heavy atom. The van der Waals surface area contributed by atoms with Crippen LogP contribution in [0.4, 0.5) is 5.69 Å². The first-order valence-electron chi connectivity index (χ1n) is 7.91. The van der Waals surface area contributed by atoms with Gasteiger partial charge in [-0.2, -0.15) is 5.26 Å². The number of nitriles is 1. The summed E-state index contributed by atoms with van der Waals surface area (Å²) in [6, 6.07) is 11.0. The van der Waals surface area contributed by atoms with Gasteiger partial charge >= 0.3 is 5.97 Å². The van der Waals surface area contributed by atoms with E-state index in [4.69, 9.17) is 14.4 Å². The van der Waals surface area contributed by atoms with E-state index >= 15 is 0 Å². The fraction of sp³-hybridized carbons (Fsp3) is 0.316. The number of hydrogen-bond acceptors (Lipinski definition) is 5. The molecule has 1 aromatic heterocycles. The van der Waals surface area contributed by atoms with Gasteiger partial charge in [0.1, 0.15) is 17.1 Å². The lowest BCUT2D eigenvalue weighted by Gasteiger charge is -2.21. The highest BCUT2D eigenvalue weighted by Gasteiger charge is 2.22. The summed E-state index contributed by atoms with van der Waals surface area (Å²) in [5.41, 5.74) is 1.72. The van der Waals surface area contributed by atoms with Crippen molar-refractivity contribution in [2.75, 3.05) is 18.1 Å². The number of anilines is 1. The topological polar surface area (TPSA) is 83.5 Å². The van der Waals surface area contributed by atoms with Crippen LogP contribution in [0.1, 0.15) is 33.9 Å². The molecule has 0 N–H and O–H groups in total. The fourth-order valence-corrected chi connectivity index (χ4v) is 2.54. The van der Waals surface area contributed by atoms with E-state index in [1.807, 2.05) is 12.1 Å². The first-order chi connectivity index (χ1) is 12.0. The first-order valence-corrected chi connectivity index (χ1v) is 7.91. The maximum absolute atomic E-state index is 12.5. The quantitative estimate of drug-likeness (QED) is 0.753. The summed E-state index contributed by atoms with van der Waals surface area (Å²) in [7, 11) is 0. The van der Waals surface area contributed by atoms with Gasteiger partial charge in [0.15, 0.2) is 6.61 Å². The highest BCUT2D eigenvalue weighted by molar-refractivity contribution is 5.98. The zero-order chi connectivity index (χ0) is 18.4. The number of carbonyl (C=O) groups excluding carboxylic acids is 2. The van der Waals surface area contributed by atoms with E-state index < -0.39 is 12.6 Å². The summed E-state index contributed by atoms with van der Waals surface area (Å²) in [5, 5.41) is 8.79. The van der Waals surface area contributed by atoms with Gasteiger partial charge in [-0.1, -0.05) is 18.2 Å². The number of benzene rings is 1. The maximum atomic E-state index is 12.5. The number of rotatable bonds is 6. The molecular formula is C19H20N2O4. The van der Waals surface area contributed by atoms with E-state index in [1.54, 1.807) is 45.0 Å². The molecule has 1 aromatic carbocycles. The minimum atomic E-state index is -0.589. The number of amides is 1. The lowest BCUT2D eigenvalue weighted by atomic mass is 10.1. The Morgan fingerprint density at radius 2 is 1.84 bits per heavy atom. The van der Waals surface area contributed by atoms with E-state index in [2.05, 4.69) is 0 Å². The predicted octanol–water partition coefficient (Wildman–Crippen LogP) is 3.31. The Kier molecular flexibility index (Phi) is 5.96. The molecule has 130 valence electrons. The van der Waals surface area contributed by atoms with E-state index in [-0.39, 0.29) is 18.9 Å². The van der Waals surface area contributed by atoms with Crippen LogP contribution in [-0.2, 0) is 9.53 Å². The van der Waals surface area contributed by atoms with Crippen LogP contribution in [-0.4, -0.2) is 25.0 Å². The van der Waals surface area contributed by atoms with Crippen LogP contribution < -0.4 is 4.90 Å². The van der Waals surface area contributed by atoms with Crippen molar-refractivity contribution in [1.82, 2.24) is 0 Å². The number of nitrogens with zero attached hydrogens (tertiary/aromatic N) is 2. The zero-order valence-electron chi connectivity index (χ0n) is 14.5. The molecule has 1 heterocycles. The summed E-state index contributed by atoms with van der Waals surface area (Å²) in [6.07, 6.45) is 0.188. The molecule has 0 saturated carbocycles. The van der Waals surface area contributed by atoms with Crippen molar-refractivity contribution in [1.29, 1.82) is 5.26 Å². The van der Waals surface area contributed by atoms with E-state index in [1.165, 1.54) is 4.90 Å². The van der Waals surface area contributed by atoms with Gasteiger partial charge in [0, 0.05) is 17.8 Å². The average Bonchev–Trinajstić information content (AvgIpc) is 2.86. The van der Waals surface area contributed by atoms with Crippen LogP contribution in [0.5, 0.6) is 0 Å². The molecule has 0 atom stereocenters. The lowest BCUT2D eigenvalue weighted by Crippen LogP contribution is -2.35. The smallest absolute Gasteiger partial charge is 0.342 e. The second kappa shape index (κ2) is 8.15. The summed E-state index contributed by atoms with van der Waals surface area (Å²) in [6.45, 7) is 5.06. The molecular weight excluding hydrogens is 320 g/mol.